The van der Waals surface area contributed by atoms with Gasteiger partial charge in [-0.1, -0.05) is 6.07 Å². The molecule has 78 valence electrons. The summed E-state index contributed by atoms with van der Waals surface area (Å²) in [5.41, 5.74) is 12.2. The van der Waals surface area contributed by atoms with E-state index < -0.39 is 6.04 Å². The Morgan fingerprint density at radius 2 is 2.27 bits per heavy atom. The third kappa shape index (κ3) is 1.46. The van der Waals surface area contributed by atoms with Crippen molar-refractivity contribution in [3.05, 3.63) is 30.1 Å². The predicted molar refractivity (Wildman–Crippen MR) is 57.6 cm³/mol. The van der Waals surface area contributed by atoms with Crippen LogP contribution in [0.4, 0.5) is 5.82 Å². The lowest BCUT2D eigenvalue weighted by Gasteiger charge is -2.04. The number of Topliss-reactive ketones (excluding diaryl/α,β-unsaturated/α-hetero) is 1. The Balaban J connectivity index is 2.69. The number of carbonyl (C=O) groups excluding carboxylic acids is 1. The quantitative estimate of drug-likeness (QED) is 0.695. The molecule has 2 rings (SSSR count). The van der Waals surface area contributed by atoms with Gasteiger partial charge in [-0.05, 0) is 19.1 Å². The van der Waals surface area contributed by atoms with Crippen LogP contribution in [0.15, 0.2) is 24.4 Å². The third-order valence-corrected chi connectivity index (χ3v) is 2.20. The van der Waals surface area contributed by atoms with Gasteiger partial charge in [0, 0.05) is 6.20 Å². The molecule has 0 aliphatic carbocycles. The normalized spacial score (nSPS) is 12.9. The second-order valence-corrected chi connectivity index (χ2v) is 3.43. The maximum atomic E-state index is 11.8. The molecule has 0 saturated carbocycles. The highest BCUT2D eigenvalue weighted by molar-refractivity contribution is 6.02. The number of imidazole rings is 1. The highest BCUT2D eigenvalue weighted by Crippen LogP contribution is 2.15. The van der Waals surface area contributed by atoms with Crippen LogP contribution in [0.2, 0.25) is 0 Å². The van der Waals surface area contributed by atoms with E-state index in [4.69, 9.17) is 11.5 Å². The van der Waals surface area contributed by atoms with E-state index in [1.165, 1.54) is 0 Å². The van der Waals surface area contributed by atoms with Crippen molar-refractivity contribution in [1.82, 2.24) is 9.38 Å². The summed E-state index contributed by atoms with van der Waals surface area (Å²) in [6, 6.07) is 4.86. The average Bonchev–Trinajstić information content (AvgIpc) is 2.52. The first-order valence-electron chi connectivity index (χ1n) is 4.63. The number of hydrogen-bond donors (Lipinski definition) is 2. The lowest BCUT2D eigenvalue weighted by molar-refractivity contribution is 0.0963. The van der Waals surface area contributed by atoms with E-state index in [0.29, 0.717) is 11.3 Å². The third-order valence-electron chi connectivity index (χ3n) is 2.20. The predicted octanol–water partition coefficient (Wildman–Crippen LogP) is 0.446. The first kappa shape index (κ1) is 9.67. The number of ketones is 1. The van der Waals surface area contributed by atoms with Crippen molar-refractivity contribution in [3.63, 3.8) is 0 Å². The minimum absolute atomic E-state index is 0.203. The van der Waals surface area contributed by atoms with E-state index in [9.17, 15) is 4.79 Å². The van der Waals surface area contributed by atoms with Crippen molar-refractivity contribution >= 4 is 17.2 Å². The second kappa shape index (κ2) is 3.36. The van der Waals surface area contributed by atoms with Crippen molar-refractivity contribution in [1.29, 1.82) is 0 Å². The number of pyridine rings is 1. The lowest BCUT2D eigenvalue weighted by Crippen LogP contribution is -2.28. The fraction of sp³-hybridized carbons (Fsp3) is 0.200. The number of aromatic nitrogens is 2. The van der Waals surface area contributed by atoms with E-state index in [0.717, 1.165) is 0 Å². The van der Waals surface area contributed by atoms with E-state index in [1.807, 2.05) is 12.1 Å². The number of fused-ring (bicyclic) bond motifs is 1. The SMILES string of the molecule is C[C@H](N)C(=O)c1c(N)nc2ccccn12. The number of nitrogen functional groups attached to an aromatic ring is 1. The maximum Gasteiger partial charge on any atom is 0.199 e. The van der Waals surface area contributed by atoms with Crippen LogP contribution in [0.25, 0.3) is 5.65 Å². The topological polar surface area (TPSA) is 86.4 Å². The Labute approximate surface area is 86.7 Å². The van der Waals surface area contributed by atoms with E-state index in [1.54, 1.807) is 23.6 Å². The molecule has 0 bridgehead atoms. The van der Waals surface area contributed by atoms with Gasteiger partial charge in [-0.3, -0.25) is 9.20 Å². The molecule has 0 aromatic carbocycles. The van der Waals surface area contributed by atoms with Gasteiger partial charge in [0.1, 0.15) is 11.3 Å². The molecule has 0 fully saturated rings. The molecule has 1 atom stereocenters. The molecule has 2 aromatic rings. The molecular formula is C10H12N4O. The van der Waals surface area contributed by atoms with E-state index in [-0.39, 0.29) is 11.6 Å². The summed E-state index contributed by atoms with van der Waals surface area (Å²) in [4.78, 5) is 15.9. The molecule has 0 saturated heterocycles. The summed E-state index contributed by atoms with van der Waals surface area (Å²) in [6.07, 6.45) is 1.74. The van der Waals surface area contributed by atoms with Gasteiger partial charge in [0.15, 0.2) is 11.6 Å². The van der Waals surface area contributed by atoms with Crippen LogP contribution >= 0.6 is 0 Å². The summed E-state index contributed by atoms with van der Waals surface area (Å²) >= 11 is 0. The molecule has 15 heavy (non-hydrogen) atoms. The molecule has 0 aliphatic rings. The molecule has 2 heterocycles. The van der Waals surface area contributed by atoms with E-state index in [2.05, 4.69) is 4.98 Å². The van der Waals surface area contributed by atoms with Crippen LogP contribution < -0.4 is 11.5 Å². The average molecular weight is 204 g/mol. The largest absolute Gasteiger partial charge is 0.382 e. The number of nitrogens with zero attached hydrogens (tertiary/aromatic N) is 2. The van der Waals surface area contributed by atoms with Crippen LogP contribution in [-0.2, 0) is 0 Å². The highest BCUT2D eigenvalue weighted by atomic mass is 16.1. The monoisotopic (exact) mass is 204 g/mol. The van der Waals surface area contributed by atoms with Gasteiger partial charge in [-0.2, -0.15) is 0 Å². The summed E-state index contributed by atoms with van der Waals surface area (Å²) in [6.45, 7) is 1.63. The molecular weight excluding hydrogens is 192 g/mol. The minimum Gasteiger partial charge on any atom is -0.382 e. The van der Waals surface area contributed by atoms with Crippen molar-refractivity contribution in [2.24, 2.45) is 5.73 Å². The number of hydrogen-bond acceptors (Lipinski definition) is 4. The van der Waals surface area contributed by atoms with Gasteiger partial charge >= 0.3 is 0 Å². The molecule has 0 unspecified atom stereocenters. The maximum absolute atomic E-state index is 11.8. The Kier molecular flexibility index (Phi) is 2.17. The number of rotatable bonds is 2. The van der Waals surface area contributed by atoms with Crippen molar-refractivity contribution in [3.8, 4) is 0 Å². The first-order valence-corrected chi connectivity index (χ1v) is 4.63. The van der Waals surface area contributed by atoms with Gasteiger partial charge in [-0.15, -0.1) is 0 Å². The molecule has 0 aliphatic heterocycles. The molecule has 5 nitrogen and oxygen atoms in total. The standard InChI is InChI=1S/C10H12N4O/c1-6(11)9(15)8-10(12)13-7-4-2-3-5-14(7)8/h2-6H,11-12H2,1H3/t6-/m0/s1. The second-order valence-electron chi connectivity index (χ2n) is 3.43. The number of nitrogens with two attached hydrogens (primary N) is 2. The molecule has 0 spiro atoms. The highest BCUT2D eigenvalue weighted by Gasteiger charge is 2.19. The number of carbonyl (C=O) groups is 1. The summed E-state index contributed by atoms with van der Waals surface area (Å²) in [7, 11) is 0. The number of anilines is 1. The van der Waals surface area contributed by atoms with Crippen LogP contribution in [0.5, 0.6) is 0 Å². The first-order chi connectivity index (χ1) is 7.11. The fourth-order valence-corrected chi connectivity index (χ4v) is 1.47. The fourth-order valence-electron chi connectivity index (χ4n) is 1.47. The Morgan fingerprint density at radius 1 is 1.53 bits per heavy atom. The molecule has 2 aromatic heterocycles. The van der Waals surface area contributed by atoms with Gasteiger partial charge < -0.3 is 11.5 Å². The Hall–Kier alpha value is -1.88. The van der Waals surface area contributed by atoms with Crippen molar-refractivity contribution in [2.45, 2.75) is 13.0 Å². The Morgan fingerprint density at radius 3 is 2.93 bits per heavy atom. The lowest BCUT2D eigenvalue weighted by atomic mass is 10.1. The Bertz CT molecular complexity index is 515. The molecule has 4 N–H and O–H groups in total. The van der Waals surface area contributed by atoms with Gasteiger partial charge in [0.05, 0.1) is 6.04 Å². The molecule has 0 amide bonds. The zero-order valence-electron chi connectivity index (χ0n) is 8.34. The zero-order valence-corrected chi connectivity index (χ0v) is 8.34. The summed E-state index contributed by atoms with van der Waals surface area (Å²) in [5.74, 6) is 0.0229. The molecule has 0 radical (unpaired) electrons. The molecule has 5 heteroatoms. The van der Waals surface area contributed by atoms with Crippen molar-refractivity contribution in [2.75, 3.05) is 5.73 Å². The summed E-state index contributed by atoms with van der Waals surface area (Å²) in [5, 5.41) is 0. The summed E-state index contributed by atoms with van der Waals surface area (Å²) < 4.78 is 1.65. The van der Waals surface area contributed by atoms with Crippen LogP contribution in [0.1, 0.15) is 17.4 Å². The van der Waals surface area contributed by atoms with Gasteiger partial charge in [0.2, 0.25) is 0 Å². The van der Waals surface area contributed by atoms with Crippen molar-refractivity contribution < 1.29 is 4.79 Å². The van der Waals surface area contributed by atoms with Crippen LogP contribution in [0, 0.1) is 0 Å². The smallest absolute Gasteiger partial charge is 0.199 e. The van der Waals surface area contributed by atoms with Crippen LogP contribution in [-0.4, -0.2) is 21.2 Å². The minimum atomic E-state index is -0.576. The van der Waals surface area contributed by atoms with E-state index >= 15 is 0 Å². The van der Waals surface area contributed by atoms with Gasteiger partial charge in [-0.25, -0.2) is 4.98 Å². The zero-order chi connectivity index (χ0) is 11.0. The van der Waals surface area contributed by atoms with Crippen LogP contribution in [0.3, 0.4) is 0 Å². The van der Waals surface area contributed by atoms with Gasteiger partial charge in [0.25, 0.3) is 0 Å².